The molecule has 2 N–H and O–H groups in total. The number of aromatic nitrogens is 2. The average molecular weight is 252 g/mol. The SMILES string of the molecule is N#Cc1oc2ccccc2c1Oc1nccnc1N. The van der Waals surface area contributed by atoms with Crippen LogP contribution in [0.5, 0.6) is 11.6 Å². The Morgan fingerprint density at radius 2 is 2.00 bits per heavy atom. The highest BCUT2D eigenvalue weighted by molar-refractivity contribution is 5.86. The summed E-state index contributed by atoms with van der Waals surface area (Å²) in [5.41, 5.74) is 6.23. The lowest BCUT2D eigenvalue weighted by atomic mass is 10.2. The fourth-order valence-corrected chi connectivity index (χ4v) is 1.71. The van der Waals surface area contributed by atoms with Crippen LogP contribution >= 0.6 is 0 Å². The number of ether oxygens (including phenoxy) is 1. The molecule has 2 aromatic heterocycles. The van der Waals surface area contributed by atoms with Crippen molar-refractivity contribution in [3.63, 3.8) is 0 Å². The van der Waals surface area contributed by atoms with Crippen molar-refractivity contribution < 1.29 is 9.15 Å². The summed E-state index contributed by atoms with van der Waals surface area (Å²) in [7, 11) is 0. The maximum absolute atomic E-state index is 9.08. The third-order valence-corrected chi connectivity index (χ3v) is 2.54. The van der Waals surface area contributed by atoms with Crippen molar-refractivity contribution in [1.82, 2.24) is 9.97 Å². The van der Waals surface area contributed by atoms with Crippen molar-refractivity contribution in [3.05, 3.63) is 42.4 Å². The number of para-hydroxylation sites is 1. The molecule has 0 unspecified atom stereocenters. The lowest BCUT2D eigenvalue weighted by Crippen LogP contribution is -1.97. The molecule has 92 valence electrons. The van der Waals surface area contributed by atoms with E-state index in [2.05, 4.69) is 9.97 Å². The first-order valence-corrected chi connectivity index (χ1v) is 5.45. The molecular formula is C13H8N4O2. The molecule has 0 radical (unpaired) electrons. The van der Waals surface area contributed by atoms with E-state index in [0.717, 1.165) is 0 Å². The third-order valence-electron chi connectivity index (χ3n) is 2.54. The molecular weight excluding hydrogens is 244 g/mol. The van der Waals surface area contributed by atoms with Gasteiger partial charge in [-0.25, -0.2) is 9.97 Å². The molecule has 3 rings (SSSR count). The monoisotopic (exact) mass is 252 g/mol. The van der Waals surface area contributed by atoms with Gasteiger partial charge in [-0.05, 0) is 12.1 Å². The number of nitrogen functional groups attached to an aromatic ring is 1. The standard InChI is InChI=1S/C13H8N4O2/c14-7-10-11(8-3-1-2-4-9(8)18-10)19-13-12(15)16-5-6-17-13/h1-6H,(H2,15,16). The summed E-state index contributed by atoms with van der Waals surface area (Å²) in [4.78, 5) is 7.85. The van der Waals surface area contributed by atoms with Gasteiger partial charge < -0.3 is 14.9 Å². The Bertz CT molecular complexity index is 789. The van der Waals surface area contributed by atoms with Gasteiger partial charge >= 0.3 is 0 Å². The van der Waals surface area contributed by atoms with Crippen molar-refractivity contribution in [1.29, 1.82) is 5.26 Å². The highest BCUT2D eigenvalue weighted by Crippen LogP contribution is 2.36. The molecule has 0 fully saturated rings. The van der Waals surface area contributed by atoms with E-state index >= 15 is 0 Å². The highest BCUT2D eigenvalue weighted by Gasteiger charge is 2.17. The second-order valence-corrected chi connectivity index (χ2v) is 3.72. The minimum absolute atomic E-state index is 0.0752. The molecule has 2 heterocycles. The number of nitriles is 1. The van der Waals surface area contributed by atoms with Crippen LogP contribution in [0.3, 0.4) is 0 Å². The van der Waals surface area contributed by atoms with E-state index in [1.54, 1.807) is 12.1 Å². The first-order valence-electron chi connectivity index (χ1n) is 5.45. The van der Waals surface area contributed by atoms with E-state index in [1.165, 1.54) is 12.4 Å². The summed E-state index contributed by atoms with van der Waals surface area (Å²) in [5, 5.41) is 9.76. The average Bonchev–Trinajstić information content (AvgIpc) is 2.79. The van der Waals surface area contributed by atoms with Gasteiger partial charge in [0, 0.05) is 12.4 Å². The van der Waals surface area contributed by atoms with Crippen molar-refractivity contribution >= 4 is 16.8 Å². The molecule has 1 aromatic carbocycles. The number of nitrogens with zero attached hydrogens (tertiary/aromatic N) is 3. The predicted octanol–water partition coefficient (Wildman–Crippen LogP) is 2.47. The molecule has 3 aromatic rings. The van der Waals surface area contributed by atoms with Crippen LogP contribution in [0, 0.1) is 11.3 Å². The number of hydrogen-bond acceptors (Lipinski definition) is 6. The number of benzene rings is 1. The maximum atomic E-state index is 9.08. The Kier molecular flexibility index (Phi) is 2.50. The van der Waals surface area contributed by atoms with Gasteiger partial charge in [-0.15, -0.1) is 0 Å². The fourth-order valence-electron chi connectivity index (χ4n) is 1.71. The summed E-state index contributed by atoms with van der Waals surface area (Å²) in [5.74, 6) is 0.666. The molecule has 0 saturated heterocycles. The van der Waals surface area contributed by atoms with Crippen molar-refractivity contribution in [2.24, 2.45) is 0 Å². The lowest BCUT2D eigenvalue weighted by Gasteiger charge is -2.04. The topological polar surface area (TPSA) is 98.0 Å². The second-order valence-electron chi connectivity index (χ2n) is 3.72. The molecule has 0 aliphatic rings. The Hall–Kier alpha value is -3.07. The van der Waals surface area contributed by atoms with E-state index in [-0.39, 0.29) is 17.5 Å². The summed E-state index contributed by atoms with van der Waals surface area (Å²) < 4.78 is 11.0. The van der Waals surface area contributed by atoms with Crippen LogP contribution in [0.25, 0.3) is 11.0 Å². The largest absolute Gasteiger partial charge is 0.442 e. The van der Waals surface area contributed by atoms with Gasteiger partial charge in [-0.3, -0.25) is 0 Å². The van der Waals surface area contributed by atoms with Crippen LogP contribution in [0.2, 0.25) is 0 Å². The maximum Gasteiger partial charge on any atom is 0.262 e. The summed E-state index contributed by atoms with van der Waals surface area (Å²) >= 11 is 0. The van der Waals surface area contributed by atoms with Crippen LogP contribution < -0.4 is 10.5 Å². The molecule has 0 bridgehead atoms. The number of rotatable bonds is 2. The number of fused-ring (bicyclic) bond motifs is 1. The Labute approximate surface area is 108 Å². The van der Waals surface area contributed by atoms with Crippen LogP contribution in [0.4, 0.5) is 5.82 Å². The zero-order valence-electron chi connectivity index (χ0n) is 9.70. The van der Waals surface area contributed by atoms with Crippen molar-refractivity contribution in [2.45, 2.75) is 0 Å². The Morgan fingerprint density at radius 1 is 1.21 bits per heavy atom. The van der Waals surface area contributed by atoms with Gasteiger partial charge in [-0.1, -0.05) is 12.1 Å². The van der Waals surface area contributed by atoms with Gasteiger partial charge in [0.25, 0.3) is 5.88 Å². The van der Waals surface area contributed by atoms with E-state index in [4.69, 9.17) is 20.1 Å². The van der Waals surface area contributed by atoms with Gasteiger partial charge in [0.2, 0.25) is 5.76 Å². The van der Waals surface area contributed by atoms with Crippen molar-refractivity contribution in [2.75, 3.05) is 5.73 Å². The van der Waals surface area contributed by atoms with E-state index in [9.17, 15) is 0 Å². The quantitative estimate of drug-likeness (QED) is 0.752. The fraction of sp³-hybridized carbons (Fsp3) is 0. The zero-order valence-corrected chi connectivity index (χ0v) is 9.70. The number of anilines is 1. The number of nitrogens with two attached hydrogens (primary N) is 1. The molecule has 0 atom stereocenters. The minimum atomic E-state index is 0.0752. The molecule has 0 amide bonds. The second kappa shape index (κ2) is 4.31. The third kappa shape index (κ3) is 1.83. The summed E-state index contributed by atoms with van der Waals surface area (Å²) in [6.07, 6.45) is 2.92. The molecule has 0 spiro atoms. The summed E-state index contributed by atoms with van der Waals surface area (Å²) in [6.45, 7) is 0. The van der Waals surface area contributed by atoms with Crippen LogP contribution in [0.15, 0.2) is 41.1 Å². The first kappa shape index (κ1) is 11.0. The van der Waals surface area contributed by atoms with Crippen LogP contribution in [0.1, 0.15) is 5.76 Å². The normalized spacial score (nSPS) is 10.3. The van der Waals surface area contributed by atoms with Crippen molar-refractivity contribution in [3.8, 4) is 17.7 Å². The predicted molar refractivity (Wildman–Crippen MR) is 67.4 cm³/mol. The zero-order chi connectivity index (χ0) is 13.2. The van der Waals surface area contributed by atoms with E-state index < -0.39 is 0 Å². The van der Waals surface area contributed by atoms with Gasteiger partial charge in [0.05, 0.1) is 5.39 Å². The smallest absolute Gasteiger partial charge is 0.262 e. The molecule has 0 aliphatic heterocycles. The Balaban J connectivity index is 2.15. The lowest BCUT2D eigenvalue weighted by molar-refractivity contribution is 0.451. The molecule has 19 heavy (non-hydrogen) atoms. The molecule has 0 saturated carbocycles. The minimum Gasteiger partial charge on any atom is -0.442 e. The molecule has 6 heteroatoms. The van der Waals surface area contributed by atoms with Crippen LogP contribution in [-0.4, -0.2) is 9.97 Å². The number of hydrogen-bond donors (Lipinski definition) is 1. The van der Waals surface area contributed by atoms with Gasteiger partial charge in [0.15, 0.2) is 11.6 Å². The van der Waals surface area contributed by atoms with Gasteiger partial charge in [0.1, 0.15) is 11.7 Å². The van der Waals surface area contributed by atoms with Gasteiger partial charge in [-0.2, -0.15) is 5.26 Å². The first-order chi connectivity index (χ1) is 9.29. The van der Waals surface area contributed by atoms with E-state index in [0.29, 0.717) is 16.7 Å². The number of furan rings is 1. The molecule has 6 nitrogen and oxygen atoms in total. The Morgan fingerprint density at radius 3 is 2.79 bits per heavy atom. The van der Waals surface area contributed by atoms with E-state index in [1.807, 2.05) is 18.2 Å². The van der Waals surface area contributed by atoms with Crippen LogP contribution in [-0.2, 0) is 0 Å². The highest BCUT2D eigenvalue weighted by atomic mass is 16.5. The molecule has 0 aliphatic carbocycles. The summed E-state index contributed by atoms with van der Waals surface area (Å²) in [6, 6.07) is 9.13.